The quantitative estimate of drug-likeness (QED) is 0.159. The van der Waals surface area contributed by atoms with E-state index in [-0.39, 0.29) is 6.42 Å². The van der Waals surface area contributed by atoms with Gasteiger partial charge in [-0.3, -0.25) is 9.78 Å². The van der Waals surface area contributed by atoms with Gasteiger partial charge in [-0.25, -0.2) is 4.39 Å². The summed E-state index contributed by atoms with van der Waals surface area (Å²) >= 11 is 2.39. The maximum absolute atomic E-state index is 15.7. The molecule has 2 atom stereocenters. The van der Waals surface area contributed by atoms with Crippen molar-refractivity contribution in [3.05, 3.63) is 84.3 Å². The fraction of sp³-hybridized carbons (Fsp3) is 0.200. The minimum Gasteiger partial charge on any atom is -0.481 e. The molecule has 0 amide bonds. The monoisotopic (exact) mass is 581 g/mol. The summed E-state index contributed by atoms with van der Waals surface area (Å²) in [5.74, 6) is -1.57. The number of fused-ring (bicyclic) bond motifs is 1. The minimum atomic E-state index is -1.19. The van der Waals surface area contributed by atoms with Crippen molar-refractivity contribution in [2.75, 3.05) is 14.2 Å². The number of rotatable bonds is 12. The van der Waals surface area contributed by atoms with E-state index in [1.165, 1.54) is 36.2 Å². The van der Waals surface area contributed by atoms with Crippen molar-refractivity contribution in [3.63, 3.8) is 0 Å². The van der Waals surface area contributed by atoms with Crippen LogP contribution in [0.25, 0.3) is 39.2 Å². The highest BCUT2D eigenvalue weighted by Gasteiger charge is 2.17. The van der Waals surface area contributed by atoms with Gasteiger partial charge in [0.2, 0.25) is 0 Å². The molecule has 4 rings (SSSR count). The highest BCUT2D eigenvalue weighted by Crippen LogP contribution is 2.37. The molecule has 0 aliphatic carbocycles. The number of aliphatic hydroxyl groups is 2. The van der Waals surface area contributed by atoms with E-state index in [1.807, 2.05) is 48.5 Å². The molecular weight excluding hydrogens is 553 g/mol. The number of carboxylic acid groups (broad SMARTS) is 1. The van der Waals surface area contributed by atoms with E-state index in [4.69, 9.17) is 13.5 Å². The first-order chi connectivity index (χ1) is 19.3. The summed E-state index contributed by atoms with van der Waals surface area (Å²) in [7, 11) is 3.15. The van der Waals surface area contributed by atoms with Crippen LogP contribution in [0.4, 0.5) is 4.39 Å². The molecule has 0 bridgehead atoms. The Morgan fingerprint density at radius 2 is 1.65 bits per heavy atom. The van der Waals surface area contributed by atoms with E-state index in [0.717, 1.165) is 15.4 Å². The first-order valence-corrected chi connectivity index (χ1v) is 13.8. The molecule has 40 heavy (non-hydrogen) atoms. The fourth-order valence-electron chi connectivity index (χ4n) is 4.37. The van der Waals surface area contributed by atoms with Crippen LogP contribution in [0.3, 0.4) is 0 Å². The maximum atomic E-state index is 15.7. The van der Waals surface area contributed by atoms with Gasteiger partial charge in [-0.2, -0.15) is 0 Å². The fourth-order valence-corrected chi connectivity index (χ4v) is 5.37. The van der Waals surface area contributed by atoms with Crippen molar-refractivity contribution in [2.24, 2.45) is 0 Å². The molecule has 0 saturated carbocycles. The smallest absolute Gasteiger partial charge is 0.305 e. The van der Waals surface area contributed by atoms with Crippen LogP contribution in [-0.4, -0.2) is 52.7 Å². The Kier molecular flexibility index (Phi) is 10.3. The lowest BCUT2D eigenvalue weighted by atomic mass is 9.93. The topological polar surface area (TPSA) is 109 Å². The molecule has 1 aromatic heterocycles. The average molecular weight is 582 g/mol. The lowest BCUT2D eigenvalue weighted by Gasteiger charge is -2.15. The van der Waals surface area contributed by atoms with Crippen molar-refractivity contribution >= 4 is 47.0 Å². The van der Waals surface area contributed by atoms with Gasteiger partial charge in [0.15, 0.2) is 0 Å². The molecule has 4 aromatic rings. The Balaban J connectivity index is 1.81. The maximum Gasteiger partial charge on any atom is 0.305 e. The molecule has 1 heterocycles. The van der Waals surface area contributed by atoms with E-state index >= 15 is 4.39 Å². The Hall–Kier alpha value is -3.25. The molecule has 0 aliphatic heterocycles. The third-order valence-electron chi connectivity index (χ3n) is 6.03. The third kappa shape index (κ3) is 7.48. The van der Waals surface area contributed by atoms with Crippen LogP contribution in [-0.2, 0) is 13.2 Å². The van der Waals surface area contributed by atoms with E-state index in [0.29, 0.717) is 33.2 Å². The second-order valence-corrected chi connectivity index (χ2v) is 10.9. The molecule has 10 heteroatoms. The van der Waals surface area contributed by atoms with Gasteiger partial charge in [-0.05, 0) is 53.1 Å². The van der Waals surface area contributed by atoms with E-state index in [9.17, 15) is 15.0 Å². The molecule has 0 fully saturated rings. The molecule has 0 aliphatic rings. The zero-order chi connectivity index (χ0) is 28.6. The molecule has 0 spiro atoms. The largest absolute Gasteiger partial charge is 0.481 e. The van der Waals surface area contributed by atoms with E-state index in [2.05, 4.69) is 4.98 Å². The van der Waals surface area contributed by atoms with Crippen LogP contribution in [0, 0.1) is 5.82 Å². The predicted molar refractivity (Wildman–Crippen MR) is 156 cm³/mol. The molecule has 7 nitrogen and oxygen atoms in total. The molecule has 208 valence electrons. The van der Waals surface area contributed by atoms with Crippen molar-refractivity contribution in [3.8, 4) is 22.3 Å². The van der Waals surface area contributed by atoms with Crippen LogP contribution in [0.1, 0.15) is 18.4 Å². The van der Waals surface area contributed by atoms with Crippen molar-refractivity contribution in [1.82, 2.24) is 4.98 Å². The van der Waals surface area contributed by atoms with Gasteiger partial charge >= 0.3 is 5.97 Å². The van der Waals surface area contributed by atoms with E-state index in [1.54, 1.807) is 32.6 Å². The van der Waals surface area contributed by atoms with Crippen LogP contribution in [0.15, 0.2) is 82.7 Å². The zero-order valence-electron chi connectivity index (χ0n) is 21.8. The first kappa shape index (κ1) is 29.7. The van der Waals surface area contributed by atoms with Crippen molar-refractivity contribution in [2.45, 2.75) is 34.8 Å². The highest BCUT2D eigenvalue weighted by molar-refractivity contribution is 7.94. The summed E-state index contributed by atoms with van der Waals surface area (Å²) in [6, 6.07) is 18.2. The number of aliphatic hydroxyl groups excluding tert-OH is 2. The van der Waals surface area contributed by atoms with Gasteiger partial charge in [-0.15, -0.1) is 0 Å². The van der Waals surface area contributed by atoms with Crippen molar-refractivity contribution < 1.29 is 32.9 Å². The first-order valence-electron chi connectivity index (χ1n) is 12.3. The Bertz CT molecular complexity index is 1530. The Labute approximate surface area is 240 Å². The number of aliphatic carboxylic acids is 1. The Morgan fingerprint density at radius 1 is 1.00 bits per heavy atom. The van der Waals surface area contributed by atoms with Gasteiger partial charge in [0.1, 0.15) is 5.82 Å². The van der Waals surface area contributed by atoms with Gasteiger partial charge in [-0.1, -0.05) is 36.4 Å². The normalized spacial score (nSPS) is 13.1. The number of benzene rings is 3. The molecule has 3 N–H and O–H groups in total. The number of carbonyl (C=O) groups is 1. The number of nitrogens with zero attached hydrogens (tertiary/aromatic N) is 1. The van der Waals surface area contributed by atoms with Crippen LogP contribution >= 0.6 is 24.1 Å². The zero-order valence-corrected chi connectivity index (χ0v) is 23.4. The van der Waals surface area contributed by atoms with Gasteiger partial charge in [0, 0.05) is 63.0 Å². The van der Waals surface area contributed by atoms with Crippen LogP contribution in [0.2, 0.25) is 0 Å². The lowest BCUT2D eigenvalue weighted by Crippen LogP contribution is -2.19. The van der Waals surface area contributed by atoms with Gasteiger partial charge < -0.3 is 23.7 Å². The summed E-state index contributed by atoms with van der Waals surface area (Å²) in [6.07, 6.45) is 1.86. The molecule has 0 radical (unpaired) electrons. The lowest BCUT2D eigenvalue weighted by molar-refractivity contribution is -0.139. The summed E-state index contributed by atoms with van der Waals surface area (Å²) in [5, 5.41) is 29.7. The number of hydrogen-bond acceptors (Lipinski definition) is 8. The molecule has 3 aromatic carbocycles. The molecule has 0 unspecified atom stereocenters. The van der Waals surface area contributed by atoms with Crippen molar-refractivity contribution in [1.29, 1.82) is 0 Å². The average Bonchev–Trinajstić information content (AvgIpc) is 2.91. The number of halogens is 1. The SMILES string of the molecule is COSc1cccc(-c2cc3ncc(C=C[C@@H](O)C[C@@H](O)CC(=O)O)c(-c4cccc(SOC)c4)c3cc2F)c1. The van der Waals surface area contributed by atoms with Crippen LogP contribution < -0.4 is 0 Å². The summed E-state index contributed by atoms with van der Waals surface area (Å²) < 4.78 is 26.0. The Morgan fingerprint density at radius 3 is 2.30 bits per heavy atom. The summed E-state index contributed by atoms with van der Waals surface area (Å²) in [6.45, 7) is 0. The second-order valence-electron chi connectivity index (χ2n) is 8.91. The number of carboxylic acids is 1. The third-order valence-corrected chi connectivity index (χ3v) is 7.26. The predicted octanol–water partition coefficient (Wildman–Crippen LogP) is 6.61. The standard InChI is InChI=1S/C30H28FNO6S2/c1-37-39-23-7-3-5-18(11-23)25-16-28-26(15-27(25)31)30(19-6-4-8-24(12-19)40-38-2)20(17-32-28)9-10-21(33)13-22(34)14-29(35)36/h3-12,15-17,21-22,33-34H,13-14H2,1-2H3,(H,35,36)/t21-,22-/m1/s1. The minimum absolute atomic E-state index is 0.141. The molecule has 0 saturated heterocycles. The summed E-state index contributed by atoms with van der Waals surface area (Å²) in [5.41, 5.74) is 3.78. The number of hydrogen-bond donors (Lipinski definition) is 3. The van der Waals surface area contributed by atoms with E-state index < -0.39 is 30.4 Å². The second kappa shape index (κ2) is 13.9. The number of pyridine rings is 1. The van der Waals surface area contributed by atoms with Gasteiger partial charge in [0.05, 0.1) is 38.4 Å². The molecular formula is C30H28FNO6S2. The van der Waals surface area contributed by atoms with Crippen LogP contribution in [0.5, 0.6) is 0 Å². The summed E-state index contributed by atoms with van der Waals surface area (Å²) in [4.78, 5) is 17.1. The van der Waals surface area contributed by atoms with Gasteiger partial charge in [0.25, 0.3) is 0 Å². The highest BCUT2D eigenvalue weighted by atomic mass is 32.2. The number of aromatic nitrogens is 1.